The van der Waals surface area contributed by atoms with E-state index < -0.39 is 0 Å². The van der Waals surface area contributed by atoms with Crippen LogP contribution in [-0.2, 0) is 0 Å². The summed E-state index contributed by atoms with van der Waals surface area (Å²) in [5.74, 6) is 0.614. The van der Waals surface area contributed by atoms with Crippen LogP contribution in [-0.4, -0.2) is 19.1 Å². The van der Waals surface area contributed by atoms with Gasteiger partial charge in [-0.2, -0.15) is 0 Å². The SMILES string of the molecule is c1ccc(-c2ccc(-c3nc(-n4c5ccc6oc7ccccc7c6c5c5ccc6c(c7ccccc7n6-c6cccc(-c7ccccc7)c6)c54)nc4ccccc34)cc2)cc1. The van der Waals surface area contributed by atoms with Crippen LogP contribution in [0, 0.1) is 0 Å². The van der Waals surface area contributed by atoms with Crippen LogP contribution in [0.15, 0.2) is 211 Å². The van der Waals surface area contributed by atoms with Gasteiger partial charge in [-0.25, -0.2) is 9.97 Å². The van der Waals surface area contributed by atoms with Crippen molar-refractivity contribution in [3.8, 4) is 45.1 Å². The van der Waals surface area contributed by atoms with E-state index in [4.69, 9.17) is 14.4 Å². The Morgan fingerprint density at radius 1 is 0.344 bits per heavy atom. The Kier molecular flexibility index (Phi) is 7.24. The fourth-order valence-corrected chi connectivity index (χ4v) is 9.64. The first-order valence-electron chi connectivity index (χ1n) is 20.7. The molecule has 0 unspecified atom stereocenters. The minimum absolute atomic E-state index is 0.614. The van der Waals surface area contributed by atoms with E-state index in [0.29, 0.717) is 5.95 Å². The third-order valence-corrected chi connectivity index (χ3v) is 12.3. The first-order valence-corrected chi connectivity index (χ1v) is 20.7. The van der Waals surface area contributed by atoms with Gasteiger partial charge in [0.2, 0.25) is 5.95 Å². The molecule has 0 aliphatic rings. The van der Waals surface area contributed by atoms with Crippen LogP contribution in [0.5, 0.6) is 0 Å². The van der Waals surface area contributed by atoms with Crippen LogP contribution >= 0.6 is 0 Å². The van der Waals surface area contributed by atoms with Crippen molar-refractivity contribution in [3.63, 3.8) is 0 Å². The molecule has 0 N–H and O–H groups in total. The van der Waals surface area contributed by atoms with Crippen molar-refractivity contribution in [1.82, 2.24) is 19.1 Å². The van der Waals surface area contributed by atoms with E-state index in [-0.39, 0.29) is 0 Å². The van der Waals surface area contributed by atoms with E-state index in [2.05, 4.69) is 209 Å². The first kappa shape index (κ1) is 33.7. The number of para-hydroxylation sites is 3. The number of nitrogens with zero attached hydrogens (tertiary/aromatic N) is 4. The van der Waals surface area contributed by atoms with Crippen molar-refractivity contribution in [2.24, 2.45) is 0 Å². The number of rotatable bonds is 5. The lowest BCUT2D eigenvalue weighted by atomic mass is 10.0. The lowest BCUT2D eigenvalue weighted by molar-refractivity contribution is 0.669. The van der Waals surface area contributed by atoms with E-state index in [9.17, 15) is 0 Å². The van der Waals surface area contributed by atoms with Gasteiger partial charge in [0.1, 0.15) is 11.2 Å². The predicted molar refractivity (Wildman–Crippen MR) is 252 cm³/mol. The molecule has 0 saturated heterocycles. The molecule has 4 aromatic heterocycles. The molecule has 0 spiro atoms. The molecule has 5 heteroatoms. The molecule has 0 radical (unpaired) electrons. The molecule has 13 rings (SSSR count). The summed E-state index contributed by atoms with van der Waals surface area (Å²) in [5, 5.41) is 7.71. The summed E-state index contributed by atoms with van der Waals surface area (Å²) in [4.78, 5) is 11.0. The van der Waals surface area contributed by atoms with Gasteiger partial charge in [0, 0.05) is 49.0 Å². The van der Waals surface area contributed by atoms with Gasteiger partial charge >= 0.3 is 0 Å². The number of benzene rings is 9. The third kappa shape index (κ3) is 5.08. The molecule has 61 heavy (non-hydrogen) atoms. The van der Waals surface area contributed by atoms with Crippen molar-refractivity contribution in [2.45, 2.75) is 0 Å². The molecule has 4 heterocycles. The molecule has 0 aliphatic heterocycles. The van der Waals surface area contributed by atoms with Gasteiger partial charge in [-0.05, 0) is 70.8 Å². The second kappa shape index (κ2) is 13.1. The second-order valence-electron chi connectivity index (χ2n) is 15.7. The zero-order chi connectivity index (χ0) is 40.0. The average Bonchev–Trinajstić information content (AvgIpc) is 3.99. The molecular weight excluding hydrogens is 745 g/mol. The molecule has 284 valence electrons. The number of hydrogen-bond donors (Lipinski definition) is 0. The molecule has 0 fully saturated rings. The van der Waals surface area contributed by atoms with Crippen molar-refractivity contribution < 1.29 is 4.42 Å². The van der Waals surface area contributed by atoms with E-state index in [1.807, 2.05) is 6.07 Å². The van der Waals surface area contributed by atoms with Crippen LogP contribution in [0.1, 0.15) is 0 Å². The highest BCUT2D eigenvalue weighted by atomic mass is 16.3. The van der Waals surface area contributed by atoms with Crippen molar-refractivity contribution >= 4 is 76.5 Å². The molecule has 9 aromatic carbocycles. The third-order valence-electron chi connectivity index (χ3n) is 12.3. The van der Waals surface area contributed by atoms with E-state index in [1.165, 1.54) is 16.7 Å². The average molecular weight is 779 g/mol. The van der Waals surface area contributed by atoms with Crippen molar-refractivity contribution in [2.75, 3.05) is 0 Å². The quantitative estimate of drug-likeness (QED) is 0.175. The largest absolute Gasteiger partial charge is 0.456 e. The van der Waals surface area contributed by atoms with Gasteiger partial charge in [-0.15, -0.1) is 0 Å². The Bertz CT molecular complexity index is 3860. The standard InChI is InChI=1S/C56H34N4O/c1-3-14-35(15-4-1)37-26-28-38(29-27-37)54-41-20-7-10-23-45(41)57-56(58-54)60-47-32-33-50-53(43-22-9-12-25-49(43)61-50)51(47)44-30-31-48-52(55(44)60)42-21-8-11-24-46(42)59(48)40-19-13-18-39(34-40)36-16-5-2-6-17-36/h1-34H. The highest BCUT2D eigenvalue weighted by Crippen LogP contribution is 2.46. The lowest BCUT2D eigenvalue weighted by Crippen LogP contribution is -2.03. The van der Waals surface area contributed by atoms with Crippen molar-refractivity contribution in [1.29, 1.82) is 0 Å². The summed E-state index contributed by atoms with van der Waals surface area (Å²) in [6.45, 7) is 0. The van der Waals surface area contributed by atoms with Crippen molar-refractivity contribution in [3.05, 3.63) is 206 Å². The van der Waals surface area contributed by atoms with Crippen LogP contribution in [0.4, 0.5) is 0 Å². The van der Waals surface area contributed by atoms with Gasteiger partial charge in [-0.3, -0.25) is 4.57 Å². The maximum Gasteiger partial charge on any atom is 0.235 e. The Labute approximate surface area is 350 Å². The molecule has 5 nitrogen and oxygen atoms in total. The summed E-state index contributed by atoms with van der Waals surface area (Å²) >= 11 is 0. The minimum Gasteiger partial charge on any atom is -0.456 e. The number of fused-ring (bicyclic) bond motifs is 12. The zero-order valence-electron chi connectivity index (χ0n) is 32.8. The topological polar surface area (TPSA) is 48.8 Å². The van der Waals surface area contributed by atoms with E-state index in [1.54, 1.807) is 0 Å². The van der Waals surface area contributed by atoms with Gasteiger partial charge < -0.3 is 8.98 Å². The maximum absolute atomic E-state index is 6.52. The van der Waals surface area contributed by atoms with Crippen LogP contribution in [0.3, 0.4) is 0 Å². The fraction of sp³-hybridized carbons (Fsp3) is 0. The fourth-order valence-electron chi connectivity index (χ4n) is 9.64. The summed E-state index contributed by atoms with van der Waals surface area (Å²) < 4.78 is 11.2. The van der Waals surface area contributed by atoms with Gasteiger partial charge in [0.25, 0.3) is 0 Å². The monoisotopic (exact) mass is 778 g/mol. The maximum atomic E-state index is 6.52. The summed E-state index contributed by atoms with van der Waals surface area (Å²) in [6, 6.07) is 73.0. The highest BCUT2D eigenvalue weighted by Gasteiger charge is 2.25. The Morgan fingerprint density at radius 2 is 0.967 bits per heavy atom. The molecule has 0 aliphatic carbocycles. The summed E-state index contributed by atoms with van der Waals surface area (Å²) in [7, 11) is 0. The highest BCUT2D eigenvalue weighted by molar-refractivity contribution is 6.32. The van der Waals surface area contributed by atoms with Crippen LogP contribution in [0.2, 0.25) is 0 Å². The molecule has 0 atom stereocenters. The van der Waals surface area contributed by atoms with Crippen LogP contribution in [0.25, 0.3) is 122 Å². The predicted octanol–water partition coefficient (Wildman–Crippen LogP) is 14.7. The number of furan rings is 1. The van der Waals surface area contributed by atoms with Gasteiger partial charge in [0.15, 0.2) is 0 Å². The Hall–Kier alpha value is -8.28. The van der Waals surface area contributed by atoms with Gasteiger partial charge in [-0.1, -0.05) is 158 Å². The van der Waals surface area contributed by atoms with Gasteiger partial charge in [0.05, 0.1) is 33.3 Å². The normalized spacial score (nSPS) is 11.9. The molecule has 13 aromatic rings. The zero-order valence-corrected chi connectivity index (χ0v) is 32.8. The smallest absolute Gasteiger partial charge is 0.235 e. The Morgan fingerprint density at radius 3 is 1.79 bits per heavy atom. The number of hydrogen-bond acceptors (Lipinski definition) is 3. The van der Waals surface area contributed by atoms with E-state index in [0.717, 1.165) is 99.0 Å². The second-order valence-corrected chi connectivity index (χ2v) is 15.7. The molecule has 0 saturated carbocycles. The number of aromatic nitrogens is 4. The van der Waals surface area contributed by atoms with Crippen LogP contribution < -0.4 is 0 Å². The Balaban J connectivity index is 1.15. The summed E-state index contributed by atoms with van der Waals surface area (Å²) in [6.07, 6.45) is 0. The van der Waals surface area contributed by atoms with E-state index >= 15 is 0 Å². The summed E-state index contributed by atoms with van der Waals surface area (Å²) in [5.41, 5.74) is 14.6. The molecular formula is C56H34N4O. The first-order chi connectivity index (χ1) is 30.3. The molecule has 0 bridgehead atoms. The minimum atomic E-state index is 0.614. The lowest BCUT2D eigenvalue weighted by Gasteiger charge is -2.13. The molecule has 0 amide bonds.